The van der Waals surface area contributed by atoms with Crippen LogP contribution in [0.2, 0.25) is 0 Å². The van der Waals surface area contributed by atoms with Gasteiger partial charge in [-0.05, 0) is 17.9 Å². The Kier molecular flexibility index (Phi) is 6.21. The summed E-state index contributed by atoms with van der Waals surface area (Å²) < 4.78 is 25.1. The molecule has 0 unspecified atom stereocenters. The summed E-state index contributed by atoms with van der Waals surface area (Å²) in [6.07, 6.45) is 1.28. The Balaban J connectivity index is 1.52. The predicted octanol–water partition coefficient (Wildman–Crippen LogP) is 1.54. The molecule has 1 aliphatic heterocycles. The van der Waals surface area contributed by atoms with Gasteiger partial charge in [-0.25, -0.2) is 8.42 Å². The van der Waals surface area contributed by atoms with Crippen LogP contribution >= 0.6 is 11.8 Å². The van der Waals surface area contributed by atoms with E-state index in [9.17, 15) is 13.2 Å². The second kappa shape index (κ2) is 8.43. The summed E-state index contributed by atoms with van der Waals surface area (Å²) in [7, 11) is 0.759. The van der Waals surface area contributed by atoms with E-state index in [2.05, 4.69) is 10.2 Å². The highest BCUT2D eigenvalue weighted by atomic mass is 32.2. The van der Waals surface area contributed by atoms with E-state index in [-0.39, 0.29) is 29.1 Å². The van der Waals surface area contributed by atoms with Crippen molar-refractivity contribution >= 4 is 27.5 Å². The third-order valence-electron chi connectivity index (χ3n) is 4.74. The first-order valence-corrected chi connectivity index (χ1v) is 11.6. The summed E-state index contributed by atoms with van der Waals surface area (Å²) in [6, 6.07) is 9.86. The number of hydrogen-bond donors (Lipinski definition) is 0. The van der Waals surface area contributed by atoms with E-state index in [0.29, 0.717) is 24.5 Å². The quantitative estimate of drug-likeness (QED) is 0.646. The summed E-state index contributed by atoms with van der Waals surface area (Å²) in [5.41, 5.74) is 1.09. The SMILES string of the molecule is CN(Cc1ccccc1)C(=O)CSc1nnc(C[C@H]2CCS(=O)(=O)C2)n1C. The van der Waals surface area contributed by atoms with Crippen molar-refractivity contribution < 1.29 is 13.2 Å². The highest BCUT2D eigenvalue weighted by Crippen LogP contribution is 2.24. The number of carbonyl (C=O) groups excluding carboxylic acids is 1. The lowest BCUT2D eigenvalue weighted by Crippen LogP contribution is -2.27. The van der Waals surface area contributed by atoms with Crippen molar-refractivity contribution in [2.45, 2.75) is 24.5 Å². The normalized spacial score (nSPS) is 18.5. The molecule has 0 aliphatic carbocycles. The van der Waals surface area contributed by atoms with Gasteiger partial charge in [0, 0.05) is 27.1 Å². The van der Waals surface area contributed by atoms with Crippen LogP contribution in [0.3, 0.4) is 0 Å². The molecule has 2 aromatic rings. The molecule has 1 fully saturated rings. The lowest BCUT2D eigenvalue weighted by Gasteiger charge is -2.17. The van der Waals surface area contributed by atoms with Crippen LogP contribution in [0.5, 0.6) is 0 Å². The number of aromatic nitrogens is 3. The van der Waals surface area contributed by atoms with Gasteiger partial charge in [-0.1, -0.05) is 42.1 Å². The fourth-order valence-corrected chi connectivity index (χ4v) is 5.85. The minimum Gasteiger partial charge on any atom is -0.341 e. The van der Waals surface area contributed by atoms with E-state index in [1.807, 2.05) is 41.9 Å². The number of rotatable bonds is 7. The molecule has 3 rings (SSSR count). The smallest absolute Gasteiger partial charge is 0.233 e. The van der Waals surface area contributed by atoms with Gasteiger partial charge < -0.3 is 9.47 Å². The Labute approximate surface area is 164 Å². The summed E-state index contributed by atoms with van der Waals surface area (Å²) in [5.74, 6) is 1.67. The van der Waals surface area contributed by atoms with E-state index in [1.165, 1.54) is 11.8 Å². The van der Waals surface area contributed by atoms with E-state index in [0.717, 1.165) is 11.4 Å². The third kappa shape index (κ3) is 5.32. The molecule has 1 aromatic carbocycles. The number of nitrogens with zero attached hydrogens (tertiary/aromatic N) is 4. The Morgan fingerprint density at radius 3 is 2.70 bits per heavy atom. The van der Waals surface area contributed by atoms with Crippen LogP contribution in [-0.2, 0) is 34.6 Å². The average molecular weight is 409 g/mol. The molecule has 1 atom stereocenters. The number of sulfone groups is 1. The topological polar surface area (TPSA) is 85.2 Å². The highest BCUT2D eigenvalue weighted by Gasteiger charge is 2.29. The van der Waals surface area contributed by atoms with Crippen molar-refractivity contribution in [3.8, 4) is 0 Å². The monoisotopic (exact) mass is 408 g/mol. The Hall–Kier alpha value is -1.87. The van der Waals surface area contributed by atoms with Gasteiger partial charge in [0.05, 0.1) is 17.3 Å². The summed E-state index contributed by atoms with van der Waals surface area (Å²) >= 11 is 1.35. The molecule has 1 saturated heterocycles. The number of carbonyl (C=O) groups is 1. The van der Waals surface area contributed by atoms with Gasteiger partial charge >= 0.3 is 0 Å². The van der Waals surface area contributed by atoms with Crippen LogP contribution < -0.4 is 0 Å². The number of benzene rings is 1. The first-order chi connectivity index (χ1) is 12.8. The maximum atomic E-state index is 12.4. The minimum absolute atomic E-state index is 0.0234. The van der Waals surface area contributed by atoms with Crippen LogP contribution in [0, 0.1) is 5.92 Å². The second-order valence-corrected chi connectivity index (χ2v) is 10.1. The number of thioether (sulfide) groups is 1. The zero-order valence-corrected chi connectivity index (χ0v) is 17.2. The van der Waals surface area contributed by atoms with Crippen LogP contribution in [0.25, 0.3) is 0 Å². The molecule has 0 spiro atoms. The fraction of sp³-hybridized carbons (Fsp3) is 0.500. The van der Waals surface area contributed by atoms with Crippen molar-refractivity contribution in [1.82, 2.24) is 19.7 Å². The number of amides is 1. The van der Waals surface area contributed by atoms with Gasteiger partial charge in [0.1, 0.15) is 5.82 Å². The zero-order valence-electron chi connectivity index (χ0n) is 15.5. The van der Waals surface area contributed by atoms with E-state index >= 15 is 0 Å². The molecule has 0 bridgehead atoms. The lowest BCUT2D eigenvalue weighted by molar-refractivity contribution is -0.127. The van der Waals surface area contributed by atoms with Crippen molar-refractivity contribution in [2.75, 3.05) is 24.3 Å². The zero-order chi connectivity index (χ0) is 19.4. The Morgan fingerprint density at radius 2 is 2.04 bits per heavy atom. The second-order valence-electron chi connectivity index (χ2n) is 6.96. The van der Waals surface area contributed by atoms with Crippen molar-refractivity contribution in [3.05, 3.63) is 41.7 Å². The summed E-state index contributed by atoms with van der Waals surface area (Å²) in [5, 5.41) is 9.03. The summed E-state index contributed by atoms with van der Waals surface area (Å²) in [4.78, 5) is 14.1. The molecule has 1 amide bonds. The van der Waals surface area contributed by atoms with Crippen LogP contribution in [0.1, 0.15) is 17.8 Å². The molecule has 27 heavy (non-hydrogen) atoms. The molecule has 0 N–H and O–H groups in total. The first-order valence-electron chi connectivity index (χ1n) is 8.83. The van der Waals surface area contributed by atoms with Crippen molar-refractivity contribution in [3.63, 3.8) is 0 Å². The van der Waals surface area contributed by atoms with Gasteiger partial charge in [-0.2, -0.15) is 0 Å². The third-order valence-corrected chi connectivity index (χ3v) is 7.58. The number of hydrogen-bond acceptors (Lipinski definition) is 6. The van der Waals surface area contributed by atoms with Crippen molar-refractivity contribution in [2.24, 2.45) is 13.0 Å². The Morgan fingerprint density at radius 1 is 1.30 bits per heavy atom. The molecule has 0 radical (unpaired) electrons. The standard InChI is InChI=1S/C18H24N4O3S2/c1-21(11-14-6-4-3-5-7-14)17(23)12-26-18-20-19-16(22(18)2)10-15-8-9-27(24,25)13-15/h3-7,15H,8-13H2,1-2H3/t15-/m1/s1. The Bertz CT molecular complexity index is 897. The molecule has 2 heterocycles. The average Bonchev–Trinajstić information content (AvgIpc) is 3.16. The minimum atomic E-state index is -2.89. The van der Waals surface area contributed by atoms with E-state index < -0.39 is 9.84 Å². The molecule has 7 nitrogen and oxygen atoms in total. The van der Waals surface area contributed by atoms with Gasteiger partial charge in [-0.15, -0.1) is 10.2 Å². The van der Waals surface area contributed by atoms with Crippen LogP contribution in [0.15, 0.2) is 35.5 Å². The van der Waals surface area contributed by atoms with E-state index in [4.69, 9.17) is 0 Å². The molecule has 0 saturated carbocycles. The molecule has 146 valence electrons. The van der Waals surface area contributed by atoms with E-state index in [1.54, 1.807) is 11.9 Å². The highest BCUT2D eigenvalue weighted by molar-refractivity contribution is 7.99. The largest absolute Gasteiger partial charge is 0.341 e. The van der Waals surface area contributed by atoms with Crippen LogP contribution in [-0.4, -0.2) is 58.3 Å². The maximum absolute atomic E-state index is 12.4. The molecular formula is C18H24N4O3S2. The van der Waals surface area contributed by atoms with Gasteiger partial charge in [0.2, 0.25) is 5.91 Å². The molecule has 9 heteroatoms. The molecular weight excluding hydrogens is 384 g/mol. The summed E-state index contributed by atoms with van der Waals surface area (Å²) in [6.45, 7) is 0.570. The van der Waals surface area contributed by atoms with Crippen molar-refractivity contribution in [1.29, 1.82) is 0 Å². The molecule has 1 aliphatic rings. The molecule has 1 aromatic heterocycles. The van der Waals surface area contributed by atoms with Gasteiger partial charge in [0.25, 0.3) is 0 Å². The fourth-order valence-electron chi connectivity index (χ4n) is 3.12. The first kappa shape index (κ1) is 19.9. The lowest BCUT2D eigenvalue weighted by atomic mass is 10.1. The van der Waals surface area contributed by atoms with Gasteiger partial charge in [-0.3, -0.25) is 4.79 Å². The maximum Gasteiger partial charge on any atom is 0.233 e. The predicted molar refractivity (Wildman–Crippen MR) is 105 cm³/mol. The van der Waals surface area contributed by atoms with Crippen LogP contribution in [0.4, 0.5) is 0 Å². The van der Waals surface area contributed by atoms with Gasteiger partial charge in [0.15, 0.2) is 15.0 Å².